The highest BCUT2D eigenvalue weighted by molar-refractivity contribution is 5.78. The minimum absolute atomic E-state index is 0.163. The van der Waals surface area contributed by atoms with Crippen LogP contribution in [0.2, 0.25) is 0 Å². The summed E-state index contributed by atoms with van der Waals surface area (Å²) < 4.78 is 0. The third-order valence-corrected chi connectivity index (χ3v) is 3.16. The van der Waals surface area contributed by atoms with Gasteiger partial charge in [0.1, 0.15) is 0 Å². The van der Waals surface area contributed by atoms with Gasteiger partial charge >= 0.3 is 0 Å². The van der Waals surface area contributed by atoms with Gasteiger partial charge in [-0.15, -0.1) is 0 Å². The molecule has 0 spiro atoms. The van der Waals surface area contributed by atoms with E-state index in [1.165, 1.54) is 0 Å². The first-order valence-corrected chi connectivity index (χ1v) is 6.21. The van der Waals surface area contributed by atoms with E-state index in [1.807, 2.05) is 14.1 Å². The number of hydrogen-bond donors (Lipinski definition) is 0. The van der Waals surface area contributed by atoms with Crippen molar-refractivity contribution >= 4 is 5.91 Å². The van der Waals surface area contributed by atoms with Crippen molar-refractivity contribution in [2.75, 3.05) is 14.1 Å². The largest absolute Gasteiger partial charge is 0.349 e. The molecule has 0 aromatic carbocycles. The van der Waals surface area contributed by atoms with E-state index in [9.17, 15) is 4.79 Å². The Bertz CT molecular complexity index is 278. The molecule has 1 aliphatic rings. The van der Waals surface area contributed by atoms with Crippen LogP contribution in [0.5, 0.6) is 0 Å². The summed E-state index contributed by atoms with van der Waals surface area (Å²) in [5, 5.41) is 0. The second-order valence-corrected chi connectivity index (χ2v) is 4.69. The quantitative estimate of drug-likeness (QED) is 0.699. The summed E-state index contributed by atoms with van der Waals surface area (Å²) in [4.78, 5) is 13.8. The molecule has 1 rings (SSSR count). The van der Waals surface area contributed by atoms with Crippen molar-refractivity contribution in [1.82, 2.24) is 4.90 Å². The van der Waals surface area contributed by atoms with Gasteiger partial charge in [-0.3, -0.25) is 4.79 Å². The molecule has 16 heavy (non-hydrogen) atoms. The number of amides is 1. The number of carbonyl (C=O) groups excluding carboxylic acids is 1. The van der Waals surface area contributed by atoms with Crippen molar-refractivity contribution < 1.29 is 4.79 Å². The van der Waals surface area contributed by atoms with Crippen LogP contribution in [0.4, 0.5) is 0 Å². The molecular formula is C14H23NO. The summed E-state index contributed by atoms with van der Waals surface area (Å²) in [7, 11) is 3.70. The molecule has 2 atom stereocenters. The topological polar surface area (TPSA) is 20.3 Å². The van der Waals surface area contributed by atoms with Crippen molar-refractivity contribution in [1.29, 1.82) is 0 Å². The zero-order chi connectivity index (χ0) is 12.0. The summed E-state index contributed by atoms with van der Waals surface area (Å²) in [6.07, 6.45) is 12.8. The van der Waals surface area contributed by atoms with Crippen molar-refractivity contribution in [3.63, 3.8) is 0 Å². The molecule has 0 aromatic rings. The lowest BCUT2D eigenvalue weighted by molar-refractivity contribution is -0.134. The third kappa shape index (κ3) is 3.51. The average molecular weight is 221 g/mol. The number of unbranched alkanes of at least 4 members (excludes halogenated alkanes) is 1. The Balaban J connectivity index is 2.66. The fourth-order valence-corrected chi connectivity index (χ4v) is 2.17. The molecule has 1 aliphatic carbocycles. The van der Waals surface area contributed by atoms with Gasteiger partial charge in [0, 0.05) is 20.0 Å². The van der Waals surface area contributed by atoms with E-state index in [-0.39, 0.29) is 11.8 Å². The van der Waals surface area contributed by atoms with Crippen LogP contribution in [0.15, 0.2) is 24.3 Å². The van der Waals surface area contributed by atoms with Crippen LogP contribution in [0.1, 0.15) is 32.6 Å². The van der Waals surface area contributed by atoms with E-state index in [0.29, 0.717) is 5.92 Å². The summed E-state index contributed by atoms with van der Waals surface area (Å²) in [6.45, 7) is 2.17. The molecule has 0 saturated carbocycles. The van der Waals surface area contributed by atoms with Crippen LogP contribution in [0.3, 0.4) is 0 Å². The molecule has 2 unspecified atom stereocenters. The van der Waals surface area contributed by atoms with Crippen LogP contribution < -0.4 is 0 Å². The van der Waals surface area contributed by atoms with Gasteiger partial charge in [0.05, 0.1) is 0 Å². The summed E-state index contributed by atoms with van der Waals surface area (Å²) in [5.74, 6) is 0.834. The Hall–Kier alpha value is -1.05. The van der Waals surface area contributed by atoms with Gasteiger partial charge in [-0.05, 0) is 18.8 Å². The number of rotatable bonds is 5. The Kier molecular flexibility index (Phi) is 5.30. The Labute approximate surface area is 99.0 Å². The normalized spacial score (nSPS) is 20.8. The van der Waals surface area contributed by atoms with Gasteiger partial charge in [0.2, 0.25) is 5.91 Å². The minimum atomic E-state index is 0.163. The summed E-state index contributed by atoms with van der Waals surface area (Å²) in [6, 6.07) is 0. The lowest BCUT2D eigenvalue weighted by atomic mass is 9.83. The Morgan fingerprint density at radius 1 is 1.44 bits per heavy atom. The Morgan fingerprint density at radius 2 is 2.19 bits per heavy atom. The standard InChI is InChI=1S/C14H23NO/c1-4-5-11-13(14(16)15(2)3)12-9-7-6-8-10-12/h6-9,12-13H,4-5,10-11H2,1-3H3. The van der Waals surface area contributed by atoms with Crippen molar-refractivity contribution in [2.24, 2.45) is 11.8 Å². The predicted octanol–water partition coefficient (Wildman–Crippen LogP) is 3.01. The molecule has 0 fully saturated rings. The fraction of sp³-hybridized carbons (Fsp3) is 0.643. The third-order valence-electron chi connectivity index (χ3n) is 3.16. The van der Waals surface area contributed by atoms with Crippen LogP contribution in [0.25, 0.3) is 0 Å². The predicted molar refractivity (Wildman–Crippen MR) is 68.1 cm³/mol. The monoisotopic (exact) mass is 221 g/mol. The smallest absolute Gasteiger partial charge is 0.225 e. The van der Waals surface area contributed by atoms with Gasteiger partial charge in [-0.2, -0.15) is 0 Å². The maximum atomic E-state index is 12.1. The molecule has 2 heteroatoms. The maximum absolute atomic E-state index is 12.1. The molecule has 0 N–H and O–H groups in total. The molecule has 0 saturated heterocycles. The Morgan fingerprint density at radius 3 is 2.69 bits per heavy atom. The summed E-state index contributed by atoms with van der Waals surface area (Å²) >= 11 is 0. The van der Waals surface area contributed by atoms with Gasteiger partial charge in [0.25, 0.3) is 0 Å². The van der Waals surface area contributed by atoms with Gasteiger partial charge in [-0.1, -0.05) is 44.1 Å². The number of nitrogens with zero attached hydrogens (tertiary/aromatic N) is 1. The molecule has 0 heterocycles. The highest BCUT2D eigenvalue weighted by Crippen LogP contribution is 2.27. The number of allylic oxidation sites excluding steroid dienone is 4. The van der Waals surface area contributed by atoms with E-state index in [4.69, 9.17) is 0 Å². The minimum Gasteiger partial charge on any atom is -0.349 e. The van der Waals surface area contributed by atoms with Crippen molar-refractivity contribution in [3.05, 3.63) is 24.3 Å². The number of carbonyl (C=O) groups is 1. The fourth-order valence-electron chi connectivity index (χ4n) is 2.17. The zero-order valence-corrected chi connectivity index (χ0v) is 10.6. The molecule has 0 radical (unpaired) electrons. The lowest BCUT2D eigenvalue weighted by Gasteiger charge is -2.26. The highest BCUT2D eigenvalue weighted by atomic mass is 16.2. The van der Waals surface area contributed by atoms with Gasteiger partial charge < -0.3 is 4.90 Å². The molecule has 90 valence electrons. The van der Waals surface area contributed by atoms with E-state index >= 15 is 0 Å². The first-order valence-electron chi connectivity index (χ1n) is 6.21. The molecule has 0 aromatic heterocycles. The zero-order valence-electron chi connectivity index (χ0n) is 10.6. The van der Waals surface area contributed by atoms with Crippen LogP contribution in [0, 0.1) is 11.8 Å². The van der Waals surface area contributed by atoms with Crippen molar-refractivity contribution in [3.8, 4) is 0 Å². The van der Waals surface area contributed by atoms with Gasteiger partial charge in [0.15, 0.2) is 0 Å². The molecule has 0 aliphatic heterocycles. The average Bonchev–Trinajstić information content (AvgIpc) is 2.30. The van der Waals surface area contributed by atoms with Crippen LogP contribution in [-0.2, 0) is 4.79 Å². The maximum Gasteiger partial charge on any atom is 0.225 e. The number of hydrogen-bond acceptors (Lipinski definition) is 1. The molecule has 0 bridgehead atoms. The summed E-state index contributed by atoms with van der Waals surface area (Å²) in [5.41, 5.74) is 0. The first kappa shape index (κ1) is 13.0. The molecule has 1 amide bonds. The van der Waals surface area contributed by atoms with Crippen LogP contribution >= 0.6 is 0 Å². The second kappa shape index (κ2) is 6.51. The SMILES string of the molecule is CCCCC(C(=O)N(C)C)C1C=CC=CC1. The van der Waals surface area contributed by atoms with E-state index in [1.54, 1.807) is 4.90 Å². The van der Waals surface area contributed by atoms with E-state index in [0.717, 1.165) is 25.7 Å². The molecule has 2 nitrogen and oxygen atoms in total. The second-order valence-electron chi connectivity index (χ2n) is 4.69. The highest BCUT2D eigenvalue weighted by Gasteiger charge is 2.26. The van der Waals surface area contributed by atoms with E-state index < -0.39 is 0 Å². The lowest BCUT2D eigenvalue weighted by Crippen LogP contribution is -2.34. The van der Waals surface area contributed by atoms with Crippen molar-refractivity contribution in [2.45, 2.75) is 32.6 Å². The van der Waals surface area contributed by atoms with Gasteiger partial charge in [-0.25, -0.2) is 0 Å². The molecular weight excluding hydrogens is 198 g/mol. The first-order chi connectivity index (χ1) is 7.66. The van der Waals surface area contributed by atoms with Crippen LogP contribution in [-0.4, -0.2) is 24.9 Å². The van der Waals surface area contributed by atoms with E-state index in [2.05, 4.69) is 31.2 Å².